The van der Waals surface area contributed by atoms with Crippen LogP contribution in [-0.4, -0.2) is 34.7 Å². The first kappa shape index (κ1) is 17.4. The Morgan fingerprint density at radius 2 is 1.76 bits per heavy atom. The molecule has 0 spiro atoms. The van der Waals surface area contributed by atoms with Crippen LogP contribution in [0.25, 0.3) is 0 Å². The Labute approximate surface area is 148 Å². The molecule has 1 aliphatic heterocycles. The molecule has 132 valence electrons. The van der Waals surface area contributed by atoms with Gasteiger partial charge < -0.3 is 10.3 Å². The molecule has 5 nitrogen and oxygen atoms in total. The molecule has 1 amide bonds. The molecule has 0 saturated carbocycles. The SMILES string of the molecule is CC(=O)c1c(C)[nH]c(C(=O)Nc2ccc(CN3CCCC3)cc2)c1C. The van der Waals surface area contributed by atoms with Crippen LogP contribution in [0.4, 0.5) is 5.69 Å². The second kappa shape index (κ2) is 7.23. The summed E-state index contributed by atoms with van der Waals surface area (Å²) >= 11 is 0. The molecule has 1 aromatic carbocycles. The number of hydrogen-bond donors (Lipinski definition) is 2. The van der Waals surface area contributed by atoms with Crippen molar-refractivity contribution in [1.82, 2.24) is 9.88 Å². The van der Waals surface area contributed by atoms with Crippen LogP contribution >= 0.6 is 0 Å². The van der Waals surface area contributed by atoms with Gasteiger partial charge in [0.25, 0.3) is 5.91 Å². The van der Waals surface area contributed by atoms with Crippen molar-refractivity contribution in [1.29, 1.82) is 0 Å². The Kier molecular flexibility index (Phi) is 5.04. The van der Waals surface area contributed by atoms with Gasteiger partial charge in [-0.2, -0.15) is 0 Å². The van der Waals surface area contributed by atoms with E-state index in [1.165, 1.54) is 38.4 Å². The largest absolute Gasteiger partial charge is 0.354 e. The fourth-order valence-corrected chi connectivity index (χ4v) is 3.59. The molecule has 25 heavy (non-hydrogen) atoms. The molecule has 0 atom stereocenters. The van der Waals surface area contributed by atoms with E-state index < -0.39 is 0 Å². The van der Waals surface area contributed by atoms with E-state index in [4.69, 9.17) is 0 Å². The van der Waals surface area contributed by atoms with Gasteiger partial charge >= 0.3 is 0 Å². The average Bonchev–Trinajstić information content (AvgIpc) is 3.17. The minimum Gasteiger partial charge on any atom is -0.354 e. The predicted molar refractivity (Wildman–Crippen MR) is 99.2 cm³/mol. The van der Waals surface area contributed by atoms with Gasteiger partial charge in [0.05, 0.1) is 0 Å². The van der Waals surface area contributed by atoms with Gasteiger partial charge in [0.1, 0.15) is 5.69 Å². The summed E-state index contributed by atoms with van der Waals surface area (Å²) in [6, 6.07) is 7.98. The summed E-state index contributed by atoms with van der Waals surface area (Å²) in [6.45, 7) is 8.43. The Morgan fingerprint density at radius 3 is 2.32 bits per heavy atom. The highest BCUT2D eigenvalue weighted by Gasteiger charge is 2.20. The highest BCUT2D eigenvalue weighted by Crippen LogP contribution is 2.20. The van der Waals surface area contributed by atoms with Gasteiger partial charge in [-0.3, -0.25) is 14.5 Å². The van der Waals surface area contributed by atoms with Crippen molar-refractivity contribution in [2.75, 3.05) is 18.4 Å². The van der Waals surface area contributed by atoms with Gasteiger partial charge in [0.15, 0.2) is 5.78 Å². The van der Waals surface area contributed by atoms with Gasteiger partial charge in [-0.25, -0.2) is 0 Å². The van der Waals surface area contributed by atoms with Crippen LogP contribution in [0.5, 0.6) is 0 Å². The molecule has 1 aromatic heterocycles. The molecule has 0 radical (unpaired) electrons. The third-order valence-corrected chi connectivity index (χ3v) is 4.83. The topological polar surface area (TPSA) is 65.2 Å². The molecule has 5 heteroatoms. The van der Waals surface area contributed by atoms with Crippen molar-refractivity contribution in [3.05, 3.63) is 52.3 Å². The summed E-state index contributed by atoms with van der Waals surface area (Å²) < 4.78 is 0. The monoisotopic (exact) mass is 339 g/mol. The number of aryl methyl sites for hydroxylation is 1. The van der Waals surface area contributed by atoms with Crippen LogP contribution in [-0.2, 0) is 6.54 Å². The van der Waals surface area contributed by atoms with E-state index in [1.54, 1.807) is 6.92 Å². The average molecular weight is 339 g/mol. The number of nitrogens with one attached hydrogen (secondary N) is 2. The zero-order valence-corrected chi connectivity index (χ0v) is 15.1. The molecule has 2 heterocycles. The number of likely N-dealkylation sites (tertiary alicyclic amines) is 1. The van der Waals surface area contributed by atoms with Gasteiger partial charge in [-0.1, -0.05) is 12.1 Å². The lowest BCUT2D eigenvalue weighted by molar-refractivity contribution is 0.101. The first-order valence-electron chi connectivity index (χ1n) is 8.78. The number of carbonyl (C=O) groups excluding carboxylic acids is 2. The summed E-state index contributed by atoms with van der Waals surface area (Å²) in [7, 11) is 0. The van der Waals surface area contributed by atoms with Crippen molar-refractivity contribution in [3.8, 4) is 0 Å². The lowest BCUT2D eigenvalue weighted by Crippen LogP contribution is -2.18. The number of benzene rings is 1. The van der Waals surface area contributed by atoms with Crippen LogP contribution < -0.4 is 5.32 Å². The summed E-state index contributed by atoms with van der Waals surface area (Å²) in [5.74, 6) is -0.253. The lowest BCUT2D eigenvalue weighted by atomic mass is 10.1. The highest BCUT2D eigenvalue weighted by atomic mass is 16.2. The molecule has 2 aromatic rings. The van der Waals surface area contributed by atoms with E-state index in [9.17, 15) is 9.59 Å². The summed E-state index contributed by atoms with van der Waals surface area (Å²) in [4.78, 5) is 29.7. The predicted octanol–water partition coefficient (Wildman–Crippen LogP) is 3.68. The fraction of sp³-hybridized carbons (Fsp3) is 0.400. The van der Waals surface area contributed by atoms with Crippen molar-refractivity contribution in [3.63, 3.8) is 0 Å². The maximum absolute atomic E-state index is 12.5. The molecule has 0 bridgehead atoms. The third-order valence-electron chi connectivity index (χ3n) is 4.83. The number of ketones is 1. The Balaban J connectivity index is 1.68. The number of nitrogens with zero attached hydrogens (tertiary/aromatic N) is 1. The van der Waals surface area contributed by atoms with Crippen LogP contribution in [0.15, 0.2) is 24.3 Å². The molecule has 2 N–H and O–H groups in total. The van der Waals surface area contributed by atoms with Crippen molar-refractivity contribution < 1.29 is 9.59 Å². The maximum atomic E-state index is 12.5. The molecule has 1 aliphatic rings. The fourth-order valence-electron chi connectivity index (χ4n) is 3.59. The van der Waals surface area contributed by atoms with Gasteiger partial charge in [-0.05, 0) is 70.0 Å². The second-order valence-electron chi connectivity index (χ2n) is 6.82. The van der Waals surface area contributed by atoms with E-state index in [0.29, 0.717) is 16.8 Å². The van der Waals surface area contributed by atoms with Crippen LogP contribution in [0.3, 0.4) is 0 Å². The standard InChI is InChI=1S/C20H25N3O2/c1-13-18(15(3)24)14(2)21-19(13)20(25)22-17-8-6-16(7-9-17)12-23-10-4-5-11-23/h6-9,21H,4-5,10-12H2,1-3H3,(H,22,25). The first-order chi connectivity index (χ1) is 12.0. The van der Waals surface area contributed by atoms with Gasteiger partial charge in [-0.15, -0.1) is 0 Å². The van der Waals surface area contributed by atoms with Crippen LogP contribution in [0.1, 0.15) is 57.4 Å². The van der Waals surface area contributed by atoms with E-state index in [1.807, 2.05) is 19.1 Å². The second-order valence-corrected chi connectivity index (χ2v) is 6.82. The first-order valence-corrected chi connectivity index (χ1v) is 8.78. The number of H-pyrrole nitrogens is 1. The smallest absolute Gasteiger partial charge is 0.272 e. The lowest BCUT2D eigenvalue weighted by Gasteiger charge is -2.14. The summed E-state index contributed by atoms with van der Waals surface area (Å²) in [5, 5.41) is 2.90. The number of Topliss-reactive ketones (excluding diaryl/α,β-unsaturated/α-hetero) is 1. The number of anilines is 1. The quantitative estimate of drug-likeness (QED) is 0.817. The van der Waals surface area contributed by atoms with Gasteiger partial charge in [0.2, 0.25) is 0 Å². The van der Waals surface area contributed by atoms with E-state index in [0.717, 1.165) is 17.9 Å². The highest BCUT2D eigenvalue weighted by molar-refractivity contribution is 6.07. The zero-order chi connectivity index (χ0) is 18.0. The van der Waals surface area contributed by atoms with Gasteiger partial charge in [0, 0.05) is 23.5 Å². The van der Waals surface area contributed by atoms with Crippen LogP contribution in [0, 0.1) is 13.8 Å². The molecule has 0 aliphatic carbocycles. The molecule has 1 fully saturated rings. The number of aromatic nitrogens is 1. The zero-order valence-electron chi connectivity index (χ0n) is 15.1. The molecule has 1 saturated heterocycles. The normalized spacial score (nSPS) is 14.7. The van der Waals surface area contributed by atoms with Crippen LogP contribution in [0.2, 0.25) is 0 Å². The van der Waals surface area contributed by atoms with Crippen molar-refractivity contribution in [2.45, 2.75) is 40.2 Å². The minimum atomic E-state index is -0.222. The summed E-state index contributed by atoms with van der Waals surface area (Å²) in [5.41, 5.74) is 4.50. The minimum absolute atomic E-state index is 0.0310. The third kappa shape index (κ3) is 3.82. The number of aromatic amines is 1. The van der Waals surface area contributed by atoms with E-state index in [-0.39, 0.29) is 11.7 Å². The Bertz CT molecular complexity index is 784. The number of carbonyl (C=O) groups is 2. The number of amides is 1. The molecular formula is C20H25N3O2. The molecule has 0 unspecified atom stereocenters. The molecule has 3 rings (SSSR count). The maximum Gasteiger partial charge on any atom is 0.272 e. The molecular weight excluding hydrogens is 314 g/mol. The van der Waals surface area contributed by atoms with E-state index >= 15 is 0 Å². The van der Waals surface area contributed by atoms with Crippen molar-refractivity contribution >= 4 is 17.4 Å². The Morgan fingerprint density at radius 1 is 1.12 bits per heavy atom. The summed E-state index contributed by atoms with van der Waals surface area (Å²) in [6.07, 6.45) is 2.57. The number of rotatable bonds is 5. The number of hydrogen-bond acceptors (Lipinski definition) is 3. The Hall–Kier alpha value is -2.40. The van der Waals surface area contributed by atoms with Crippen molar-refractivity contribution in [2.24, 2.45) is 0 Å². The van der Waals surface area contributed by atoms with E-state index in [2.05, 4.69) is 27.3 Å².